The lowest BCUT2D eigenvalue weighted by Gasteiger charge is -2.09. The van der Waals surface area contributed by atoms with E-state index in [-0.39, 0.29) is 5.91 Å². The Hall–Kier alpha value is -1.82. The van der Waals surface area contributed by atoms with Gasteiger partial charge in [-0.05, 0) is 39.7 Å². The first-order chi connectivity index (χ1) is 9.97. The van der Waals surface area contributed by atoms with Gasteiger partial charge in [-0.3, -0.25) is 4.79 Å². The molecule has 5 nitrogen and oxygen atoms in total. The Bertz CT molecular complexity index is 682. The van der Waals surface area contributed by atoms with Crippen LogP contribution >= 0.6 is 11.3 Å². The number of nitrogens with one attached hydrogen (secondary N) is 1. The normalized spacial score (nSPS) is 14.7. The predicted octanol–water partition coefficient (Wildman–Crippen LogP) is 3.17. The second kappa shape index (κ2) is 5.18. The van der Waals surface area contributed by atoms with Gasteiger partial charge in [-0.2, -0.15) is 0 Å². The van der Waals surface area contributed by atoms with Crippen LogP contribution in [0.15, 0.2) is 11.4 Å². The number of aromatic nitrogens is 2. The van der Waals surface area contributed by atoms with Gasteiger partial charge in [-0.1, -0.05) is 0 Å². The molecule has 1 aliphatic rings. The molecule has 1 amide bonds. The van der Waals surface area contributed by atoms with Crippen LogP contribution in [-0.2, 0) is 0 Å². The fourth-order valence-electron chi connectivity index (χ4n) is 2.58. The van der Waals surface area contributed by atoms with E-state index in [2.05, 4.69) is 28.7 Å². The molecule has 0 radical (unpaired) electrons. The largest absolute Gasteiger partial charge is 0.366 e. The van der Waals surface area contributed by atoms with Gasteiger partial charge in [0, 0.05) is 23.2 Å². The van der Waals surface area contributed by atoms with Crippen LogP contribution in [0.1, 0.15) is 48.8 Å². The number of thiazole rings is 1. The van der Waals surface area contributed by atoms with E-state index in [9.17, 15) is 4.79 Å². The molecule has 0 spiro atoms. The van der Waals surface area contributed by atoms with Crippen molar-refractivity contribution < 1.29 is 4.79 Å². The highest BCUT2D eigenvalue weighted by atomic mass is 32.1. The summed E-state index contributed by atoms with van der Waals surface area (Å²) in [7, 11) is 0. The van der Waals surface area contributed by atoms with Crippen LogP contribution < -0.4 is 11.1 Å². The number of nitrogens with zero attached hydrogens (tertiary/aromatic N) is 2. The van der Waals surface area contributed by atoms with E-state index in [1.165, 1.54) is 0 Å². The first-order valence-corrected chi connectivity index (χ1v) is 8.09. The van der Waals surface area contributed by atoms with Crippen molar-refractivity contribution in [2.75, 3.05) is 5.32 Å². The molecule has 0 bridgehead atoms. The molecule has 21 heavy (non-hydrogen) atoms. The van der Waals surface area contributed by atoms with Gasteiger partial charge >= 0.3 is 0 Å². The summed E-state index contributed by atoms with van der Waals surface area (Å²) < 4.78 is 2.22. The molecule has 0 unspecified atom stereocenters. The summed E-state index contributed by atoms with van der Waals surface area (Å²) in [6.07, 6.45) is 2.31. The van der Waals surface area contributed by atoms with E-state index in [1.807, 2.05) is 18.4 Å². The highest BCUT2D eigenvalue weighted by Crippen LogP contribution is 2.41. The van der Waals surface area contributed by atoms with Crippen LogP contribution in [0.3, 0.4) is 0 Å². The number of carbonyl (C=O) groups excluding carboxylic acids is 1. The van der Waals surface area contributed by atoms with E-state index < -0.39 is 0 Å². The Balaban J connectivity index is 2.03. The van der Waals surface area contributed by atoms with Crippen molar-refractivity contribution in [2.24, 2.45) is 5.73 Å². The van der Waals surface area contributed by atoms with Crippen molar-refractivity contribution >= 4 is 22.4 Å². The first-order valence-electron chi connectivity index (χ1n) is 7.21. The van der Waals surface area contributed by atoms with Crippen LogP contribution in [0, 0.1) is 6.92 Å². The third-order valence-corrected chi connectivity index (χ3v) is 4.42. The van der Waals surface area contributed by atoms with Crippen molar-refractivity contribution in [3.8, 4) is 11.4 Å². The van der Waals surface area contributed by atoms with Gasteiger partial charge in [0.15, 0.2) is 5.13 Å². The third-order valence-electron chi connectivity index (χ3n) is 3.65. The van der Waals surface area contributed by atoms with E-state index in [0.717, 1.165) is 35.1 Å². The van der Waals surface area contributed by atoms with Crippen molar-refractivity contribution in [1.29, 1.82) is 0 Å². The molecule has 3 N–H and O–H groups in total. The number of hydrogen-bond acceptors (Lipinski definition) is 4. The molecule has 2 heterocycles. The molecule has 2 aromatic rings. The number of carbonyl (C=O) groups is 1. The van der Waals surface area contributed by atoms with Crippen molar-refractivity contribution in [2.45, 2.75) is 45.7 Å². The third kappa shape index (κ3) is 2.68. The minimum atomic E-state index is -0.371. The van der Waals surface area contributed by atoms with Crippen LogP contribution in [0.2, 0.25) is 0 Å². The number of amides is 1. The summed E-state index contributed by atoms with van der Waals surface area (Å²) in [5, 5.41) is 6.25. The fraction of sp³-hybridized carbons (Fsp3) is 0.467. The number of anilines is 1. The lowest BCUT2D eigenvalue weighted by Crippen LogP contribution is -2.12. The quantitative estimate of drug-likeness (QED) is 0.891. The zero-order valence-electron chi connectivity index (χ0n) is 12.5. The van der Waals surface area contributed by atoms with Gasteiger partial charge in [0.05, 0.1) is 17.0 Å². The average molecular weight is 304 g/mol. The molecule has 0 aromatic carbocycles. The van der Waals surface area contributed by atoms with Crippen LogP contribution in [0.5, 0.6) is 0 Å². The van der Waals surface area contributed by atoms with Crippen LogP contribution in [-0.4, -0.2) is 21.5 Å². The number of nitrogens with two attached hydrogens (primary N) is 1. The minimum absolute atomic E-state index is 0.349. The van der Waals surface area contributed by atoms with Gasteiger partial charge in [0.25, 0.3) is 5.91 Å². The van der Waals surface area contributed by atoms with Crippen molar-refractivity contribution in [3.63, 3.8) is 0 Å². The lowest BCUT2D eigenvalue weighted by atomic mass is 10.2. The number of rotatable bonds is 5. The molecular weight excluding hydrogens is 284 g/mol. The van der Waals surface area contributed by atoms with E-state index in [1.54, 1.807) is 11.3 Å². The summed E-state index contributed by atoms with van der Waals surface area (Å²) in [6, 6.07) is 2.71. The van der Waals surface area contributed by atoms with E-state index in [4.69, 9.17) is 5.73 Å². The maximum atomic E-state index is 11.6. The van der Waals surface area contributed by atoms with Gasteiger partial charge in [-0.15, -0.1) is 11.3 Å². The topological polar surface area (TPSA) is 72.9 Å². The maximum absolute atomic E-state index is 11.6. The molecule has 0 saturated heterocycles. The fourth-order valence-corrected chi connectivity index (χ4v) is 3.43. The minimum Gasteiger partial charge on any atom is -0.366 e. The van der Waals surface area contributed by atoms with Gasteiger partial charge in [-0.25, -0.2) is 4.98 Å². The van der Waals surface area contributed by atoms with Crippen molar-refractivity contribution in [1.82, 2.24) is 9.55 Å². The lowest BCUT2D eigenvalue weighted by molar-refractivity contribution is 0.0999. The van der Waals surface area contributed by atoms with Crippen LogP contribution in [0.25, 0.3) is 11.4 Å². The molecule has 2 aromatic heterocycles. The Morgan fingerprint density at radius 3 is 2.81 bits per heavy atom. The SMILES string of the molecule is Cc1c(C(N)=O)cc(-c2csc(NC(C)C)n2)n1C1CC1. The maximum Gasteiger partial charge on any atom is 0.250 e. The second-order valence-corrected chi connectivity index (χ2v) is 6.69. The van der Waals surface area contributed by atoms with Gasteiger partial charge < -0.3 is 15.6 Å². The Kier molecular flexibility index (Phi) is 3.49. The monoisotopic (exact) mass is 304 g/mol. The summed E-state index contributed by atoms with van der Waals surface area (Å²) in [5.74, 6) is -0.371. The highest BCUT2D eigenvalue weighted by Gasteiger charge is 2.30. The summed E-state index contributed by atoms with van der Waals surface area (Å²) in [5.41, 5.74) is 8.94. The molecule has 6 heteroatoms. The van der Waals surface area contributed by atoms with E-state index in [0.29, 0.717) is 17.6 Å². The molecule has 1 saturated carbocycles. The highest BCUT2D eigenvalue weighted by molar-refractivity contribution is 7.14. The number of primary amides is 1. The Labute approximate surface area is 128 Å². The standard InChI is InChI=1S/C15H20N4OS/c1-8(2)17-15-18-12(7-21-15)13-6-11(14(16)20)9(3)19(13)10-4-5-10/h6-8,10H,4-5H2,1-3H3,(H2,16,20)(H,17,18). The Morgan fingerprint density at radius 1 is 1.52 bits per heavy atom. The summed E-state index contributed by atoms with van der Waals surface area (Å²) >= 11 is 1.59. The molecule has 1 aliphatic carbocycles. The van der Waals surface area contributed by atoms with Gasteiger partial charge in [0.1, 0.15) is 0 Å². The second-order valence-electron chi connectivity index (χ2n) is 5.83. The summed E-state index contributed by atoms with van der Waals surface area (Å²) in [4.78, 5) is 16.2. The zero-order chi connectivity index (χ0) is 15.1. The van der Waals surface area contributed by atoms with Crippen molar-refractivity contribution in [3.05, 3.63) is 22.7 Å². The molecule has 112 valence electrons. The predicted molar refractivity (Wildman–Crippen MR) is 85.8 cm³/mol. The number of hydrogen-bond donors (Lipinski definition) is 2. The van der Waals surface area contributed by atoms with Crippen LogP contribution in [0.4, 0.5) is 5.13 Å². The average Bonchev–Trinajstić information content (AvgIpc) is 3.02. The molecule has 3 rings (SSSR count). The smallest absolute Gasteiger partial charge is 0.250 e. The van der Waals surface area contributed by atoms with E-state index >= 15 is 0 Å². The molecule has 0 aliphatic heterocycles. The summed E-state index contributed by atoms with van der Waals surface area (Å²) in [6.45, 7) is 6.13. The zero-order valence-corrected chi connectivity index (χ0v) is 13.3. The van der Waals surface area contributed by atoms with Gasteiger partial charge in [0.2, 0.25) is 0 Å². The molecule has 0 atom stereocenters. The molecule has 1 fully saturated rings. The molecular formula is C15H20N4OS. The first kappa shape index (κ1) is 14.1. The Morgan fingerprint density at radius 2 is 2.24 bits per heavy atom.